The number of nitrogens with two attached hydrogens (primary N) is 1. The van der Waals surface area contributed by atoms with Crippen molar-refractivity contribution in [2.24, 2.45) is 0 Å². The lowest BCUT2D eigenvalue weighted by molar-refractivity contribution is -0.113. The Morgan fingerprint density at radius 2 is 1.69 bits per heavy atom. The lowest BCUT2D eigenvalue weighted by Crippen LogP contribution is -2.12. The number of anilines is 2. The van der Waals surface area contributed by atoms with E-state index >= 15 is 0 Å². The molecule has 4 aromatic heterocycles. The summed E-state index contributed by atoms with van der Waals surface area (Å²) in [6.45, 7) is 0. The lowest BCUT2D eigenvalue weighted by Gasteiger charge is -1.95. The Balaban J connectivity index is 0.000000158. The first-order valence-corrected chi connectivity index (χ1v) is 9.89. The molecule has 0 aliphatic heterocycles. The van der Waals surface area contributed by atoms with Gasteiger partial charge in [0.05, 0.1) is 26.9 Å². The number of H-pyrrole nitrogens is 2. The van der Waals surface area contributed by atoms with Gasteiger partial charge in [-0.3, -0.25) is 15.0 Å². The van der Waals surface area contributed by atoms with Crippen molar-refractivity contribution in [3.8, 4) is 21.1 Å². The molecular weight excluding hydrogens is 388 g/mol. The third-order valence-corrected chi connectivity index (χ3v) is 5.25. The van der Waals surface area contributed by atoms with E-state index in [1.165, 1.54) is 0 Å². The van der Waals surface area contributed by atoms with Crippen LogP contribution in [-0.2, 0) is 4.79 Å². The molecule has 4 aromatic rings. The highest BCUT2D eigenvalue weighted by Crippen LogP contribution is 2.24. The first-order valence-electron chi connectivity index (χ1n) is 7.50. The third-order valence-electron chi connectivity index (χ3n) is 3.16. The third kappa shape index (κ3) is 4.75. The summed E-state index contributed by atoms with van der Waals surface area (Å²) in [5.41, 5.74) is 7.33. The average Bonchev–Trinajstić information content (AvgIpc) is 3.41. The number of nitrogens with one attached hydrogen (secondary N) is 3. The first kappa shape index (κ1) is 18.2. The number of carbonyl (C=O) groups excluding carboxylic acids is 1. The molecule has 0 bridgehead atoms. The maximum absolute atomic E-state index is 11.0. The quantitative estimate of drug-likeness (QED) is 0.334. The van der Waals surface area contributed by atoms with Crippen LogP contribution in [0.1, 0.15) is 0 Å². The molecule has 7 nitrogen and oxygen atoms in total. The minimum absolute atomic E-state index is 0.154. The minimum Gasteiger partial charge on any atom is -0.382 e. The van der Waals surface area contributed by atoms with Gasteiger partial charge in [-0.15, -0.1) is 22.7 Å². The fraction of sp³-hybridized carbons (Fsp3) is 0.0625. The SMILES string of the molecule is Nc1cc(-c2cccs2)[nH]n1.O=C(CS)Nc1cc(-c2cccs2)[nH]n1. The maximum atomic E-state index is 11.0. The van der Waals surface area contributed by atoms with Crippen molar-refractivity contribution < 1.29 is 4.79 Å². The number of aromatic amines is 2. The van der Waals surface area contributed by atoms with E-state index in [0.717, 1.165) is 21.1 Å². The summed E-state index contributed by atoms with van der Waals surface area (Å²) >= 11 is 7.14. The van der Waals surface area contributed by atoms with Gasteiger partial charge < -0.3 is 11.1 Å². The zero-order chi connectivity index (χ0) is 18.4. The number of thiophene rings is 2. The normalized spacial score (nSPS) is 10.2. The van der Waals surface area contributed by atoms with Crippen molar-refractivity contribution in [1.29, 1.82) is 0 Å². The molecule has 0 aromatic carbocycles. The van der Waals surface area contributed by atoms with Crippen LogP contribution in [0.4, 0.5) is 11.6 Å². The molecule has 0 saturated carbocycles. The summed E-state index contributed by atoms with van der Waals surface area (Å²) in [7, 11) is 0. The van der Waals surface area contributed by atoms with E-state index in [1.807, 2.05) is 41.1 Å². The molecule has 0 radical (unpaired) electrons. The fourth-order valence-corrected chi connectivity index (χ4v) is 3.49. The van der Waals surface area contributed by atoms with E-state index in [9.17, 15) is 4.79 Å². The van der Waals surface area contributed by atoms with Crippen LogP contribution in [0, 0.1) is 0 Å². The molecule has 134 valence electrons. The Labute approximate surface area is 163 Å². The molecule has 5 N–H and O–H groups in total. The second-order valence-electron chi connectivity index (χ2n) is 5.03. The van der Waals surface area contributed by atoms with E-state index in [2.05, 4.69) is 38.3 Å². The summed E-state index contributed by atoms with van der Waals surface area (Å²) in [5.74, 6) is 1.05. The number of nitrogen functional groups attached to an aromatic ring is 1. The predicted molar refractivity (Wildman–Crippen MR) is 111 cm³/mol. The number of thiol groups is 1. The molecule has 4 heterocycles. The van der Waals surface area contributed by atoms with Crippen LogP contribution in [0.25, 0.3) is 21.1 Å². The van der Waals surface area contributed by atoms with Crippen molar-refractivity contribution in [1.82, 2.24) is 20.4 Å². The van der Waals surface area contributed by atoms with E-state index in [-0.39, 0.29) is 11.7 Å². The van der Waals surface area contributed by atoms with Crippen molar-refractivity contribution in [2.45, 2.75) is 0 Å². The predicted octanol–water partition coefficient (Wildman–Crippen LogP) is 3.73. The number of aromatic nitrogens is 4. The average molecular weight is 405 g/mol. The van der Waals surface area contributed by atoms with Gasteiger partial charge in [0.15, 0.2) is 5.82 Å². The standard InChI is InChI=1S/C9H9N3OS2.C7H7N3S/c13-9(5-14)10-8-4-6(11-12-8)7-2-1-3-15-7;8-7-4-5(9-10-7)6-2-1-3-11-6/h1-4,14H,5H2,(H2,10,11,12,13);1-4H,(H3,8,9,10). The number of hydrogen-bond acceptors (Lipinski definition) is 7. The van der Waals surface area contributed by atoms with Crippen LogP contribution in [0.5, 0.6) is 0 Å². The van der Waals surface area contributed by atoms with Crippen LogP contribution in [-0.4, -0.2) is 32.1 Å². The Morgan fingerprint density at radius 3 is 2.19 bits per heavy atom. The number of rotatable bonds is 4. The van der Waals surface area contributed by atoms with Gasteiger partial charge in [0.2, 0.25) is 5.91 Å². The summed E-state index contributed by atoms with van der Waals surface area (Å²) < 4.78 is 0. The molecule has 0 atom stereocenters. The van der Waals surface area contributed by atoms with Crippen molar-refractivity contribution in [3.05, 3.63) is 47.2 Å². The highest BCUT2D eigenvalue weighted by molar-refractivity contribution is 7.81. The Bertz CT molecular complexity index is 943. The smallest absolute Gasteiger partial charge is 0.235 e. The van der Waals surface area contributed by atoms with Crippen molar-refractivity contribution in [2.75, 3.05) is 16.8 Å². The topological polar surface area (TPSA) is 112 Å². The van der Waals surface area contributed by atoms with Crippen molar-refractivity contribution >= 4 is 52.8 Å². The molecule has 0 unspecified atom stereocenters. The summed E-state index contributed by atoms with van der Waals surface area (Å²) in [4.78, 5) is 13.3. The van der Waals surface area contributed by atoms with Gasteiger partial charge in [-0.05, 0) is 22.9 Å². The zero-order valence-corrected chi connectivity index (χ0v) is 16.0. The Morgan fingerprint density at radius 1 is 1.08 bits per heavy atom. The number of hydrogen-bond donors (Lipinski definition) is 5. The second kappa shape index (κ2) is 8.70. The van der Waals surface area contributed by atoms with Gasteiger partial charge >= 0.3 is 0 Å². The van der Waals surface area contributed by atoms with Gasteiger partial charge in [-0.1, -0.05) is 12.1 Å². The molecule has 10 heteroatoms. The zero-order valence-electron chi connectivity index (χ0n) is 13.5. The highest BCUT2D eigenvalue weighted by atomic mass is 32.1. The van der Waals surface area contributed by atoms with Crippen LogP contribution in [0.2, 0.25) is 0 Å². The van der Waals surface area contributed by atoms with Crippen LogP contribution < -0.4 is 11.1 Å². The molecule has 0 aliphatic rings. The Hall–Kier alpha value is -2.56. The molecule has 0 spiro atoms. The van der Waals surface area contributed by atoms with E-state index in [1.54, 1.807) is 28.7 Å². The number of amides is 1. The lowest BCUT2D eigenvalue weighted by atomic mass is 10.3. The first-order chi connectivity index (χ1) is 12.7. The largest absolute Gasteiger partial charge is 0.382 e. The molecule has 0 saturated heterocycles. The number of nitrogens with zero attached hydrogens (tertiary/aromatic N) is 2. The molecule has 26 heavy (non-hydrogen) atoms. The molecule has 0 fully saturated rings. The molecular formula is C16H16N6OS3. The molecule has 1 amide bonds. The number of carbonyl (C=O) groups is 1. The van der Waals surface area contributed by atoms with Gasteiger partial charge in [-0.25, -0.2) is 0 Å². The minimum atomic E-state index is -0.164. The van der Waals surface area contributed by atoms with E-state index < -0.39 is 0 Å². The van der Waals surface area contributed by atoms with Crippen LogP contribution in [0.15, 0.2) is 47.2 Å². The van der Waals surface area contributed by atoms with Gasteiger partial charge in [0.1, 0.15) is 5.82 Å². The summed E-state index contributed by atoms with van der Waals surface area (Å²) in [5, 5.41) is 20.1. The molecule has 4 rings (SSSR count). The highest BCUT2D eigenvalue weighted by Gasteiger charge is 2.06. The van der Waals surface area contributed by atoms with Gasteiger partial charge in [0, 0.05) is 12.1 Å². The second-order valence-corrected chi connectivity index (χ2v) is 7.25. The Kier molecular flexibility index (Phi) is 6.10. The van der Waals surface area contributed by atoms with E-state index in [4.69, 9.17) is 5.73 Å². The van der Waals surface area contributed by atoms with E-state index in [0.29, 0.717) is 11.6 Å². The van der Waals surface area contributed by atoms with Crippen molar-refractivity contribution in [3.63, 3.8) is 0 Å². The maximum Gasteiger partial charge on any atom is 0.235 e. The van der Waals surface area contributed by atoms with Gasteiger partial charge in [-0.2, -0.15) is 22.8 Å². The van der Waals surface area contributed by atoms with Crippen LogP contribution in [0.3, 0.4) is 0 Å². The van der Waals surface area contributed by atoms with Crippen LogP contribution >= 0.6 is 35.3 Å². The fourth-order valence-electron chi connectivity index (χ4n) is 2.02. The molecule has 0 aliphatic carbocycles. The monoisotopic (exact) mass is 404 g/mol. The van der Waals surface area contributed by atoms with Gasteiger partial charge in [0.25, 0.3) is 0 Å². The summed E-state index contributed by atoms with van der Waals surface area (Å²) in [6, 6.07) is 11.6. The summed E-state index contributed by atoms with van der Waals surface area (Å²) in [6.07, 6.45) is 0.